The van der Waals surface area contributed by atoms with Gasteiger partial charge in [-0.1, -0.05) is 0 Å². The number of hydrogen-bond acceptors (Lipinski definition) is 5. The van der Waals surface area contributed by atoms with E-state index in [1.807, 2.05) is 0 Å². The normalized spacial score (nSPS) is 10.3. The Balaban J connectivity index is 2.86. The number of carbonyl (C=O) groups is 1. The van der Waals surface area contributed by atoms with E-state index in [9.17, 15) is 14.9 Å². The smallest absolute Gasteiger partial charge is 0.335 e. The lowest BCUT2D eigenvalue weighted by Crippen LogP contribution is -2.19. The van der Waals surface area contributed by atoms with Gasteiger partial charge in [0, 0.05) is 31.8 Å². The molecule has 0 amide bonds. The Kier molecular flexibility index (Phi) is 5.22. The molecule has 0 heterocycles. The van der Waals surface area contributed by atoms with Crippen LogP contribution in [0.3, 0.4) is 0 Å². The Labute approximate surface area is 104 Å². The zero-order valence-corrected chi connectivity index (χ0v) is 9.88. The van der Waals surface area contributed by atoms with Gasteiger partial charge in [-0.3, -0.25) is 10.1 Å². The van der Waals surface area contributed by atoms with Crippen LogP contribution in [0.25, 0.3) is 0 Å². The van der Waals surface area contributed by atoms with Crippen molar-refractivity contribution < 1.29 is 19.6 Å². The van der Waals surface area contributed by atoms with E-state index in [0.29, 0.717) is 18.7 Å². The number of benzene rings is 1. The third-order valence-corrected chi connectivity index (χ3v) is 2.32. The zero-order valence-electron chi connectivity index (χ0n) is 9.88. The van der Waals surface area contributed by atoms with E-state index in [2.05, 4.69) is 5.32 Å². The van der Waals surface area contributed by atoms with E-state index in [4.69, 9.17) is 9.84 Å². The minimum atomic E-state index is -1.11. The van der Waals surface area contributed by atoms with E-state index in [0.717, 1.165) is 0 Å². The Morgan fingerprint density at radius 1 is 1.56 bits per heavy atom. The third-order valence-electron chi connectivity index (χ3n) is 2.32. The Morgan fingerprint density at radius 2 is 2.28 bits per heavy atom. The number of methoxy groups -OCH3 is 1. The van der Waals surface area contributed by atoms with Gasteiger partial charge in [-0.2, -0.15) is 0 Å². The summed E-state index contributed by atoms with van der Waals surface area (Å²) < 4.78 is 4.83. The molecule has 0 aliphatic heterocycles. The maximum absolute atomic E-state index is 10.8. The number of nitro benzene ring substituents is 1. The lowest BCUT2D eigenvalue weighted by atomic mass is 10.1. The number of rotatable bonds is 7. The molecule has 0 saturated carbocycles. The van der Waals surface area contributed by atoms with Gasteiger partial charge in [0.05, 0.1) is 17.1 Å². The fourth-order valence-electron chi connectivity index (χ4n) is 1.44. The third kappa shape index (κ3) is 3.79. The van der Waals surface area contributed by atoms with Gasteiger partial charge in [0.2, 0.25) is 0 Å². The first-order valence-corrected chi connectivity index (χ1v) is 5.26. The Hall–Kier alpha value is -1.99. The average Bonchev–Trinajstić information content (AvgIpc) is 2.34. The van der Waals surface area contributed by atoms with Crippen molar-refractivity contribution >= 4 is 11.7 Å². The highest BCUT2D eigenvalue weighted by molar-refractivity contribution is 5.88. The van der Waals surface area contributed by atoms with E-state index in [1.54, 1.807) is 7.11 Å². The summed E-state index contributed by atoms with van der Waals surface area (Å²) in [6.45, 7) is 1.23. The molecule has 0 aliphatic rings. The molecule has 98 valence electrons. The van der Waals surface area contributed by atoms with Crippen molar-refractivity contribution in [2.24, 2.45) is 0 Å². The van der Waals surface area contributed by atoms with Gasteiger partial charge >= 0.3 is 5.97 Å². The number of nitro groups is 1. The molecule has 18 heavy (non-hydrogen) atoms. The average molecular weight is 254 g/mol. The molecule has 1 aromatic rings. The number of aromatic carboxylic acids is 1. The van der Waals surface area contributed by atoms with E-state index < -0.39 is 10.9 Å². The van der Waals surface area contributed by atoms with Gasteiger partial charge in [-0.05, 0) is 12.1 Å². The van der Waals surface area contributed by atoms with Crippen LogP contribution >= 0.6 is 0 Å². The maximum atomic E-state index is 10.8. The van der Waals surface area contributed by atoms with Crippen LogP contribution in [0.4, 0.5) is 5.69 Å². The molecular weight excluding hydrogens is 240 g/mol. The van der Waals surface area contributed by atoms with Crippen LogP contribution in [0.1, 0.15) is 15.9 Å². The Bertz CT molecular complexity index is 447. The second-order valence-electron chi connectivity index (χ2n) is 3.58. The second-order valence-corrected chi connectivity index (χ2v) is 3.58. The molecule has 0 aliphatic carbocycles. The van der Waals surface area contributed by atoms with Crippen LogP contribution in [0, 0.1) is 10.1 Å². The monoisotopic (exact) mass is 254 g/mol. The van der Waals surface area contributed by atoms with Crippen molar-refractivity contribution in [1.29, 1.82) is 0 Å². The SMILES string of the molecule is COCCNCc1cc(C(=O)O)ccc1[N+](=O)[O-]. The lowest BCUT2D eigenvalue weighted by Gasteiger charge is -2.06. The number of hydrogen-bond donors (Lipinski definition) is 2. The highest BCUT2D eigenvalue weighted by Gasteiger charge is 2.15. The predicted octanol–water partition coefficient (Wildman–Crippen LogP) is 1.03. The first-order chi connectivity index (χ1) is 8.56. The molecule has 0 radical (unpaired) electrons. The topological polar surface area (TPSA) is 102 Å². The second kappa shape index (κ2) is 6.67. The predicted molar refractivity (Wildman–Crippen MR) is 63.6 cm³/mol. The maximum Gasteiger partial charge on any atom is 0.335 e. The highest BCUT2D eigenvalue weighted by Crippen LogP contribution is 2.19. The number of nitrogens with zero attached hydrogens (tertiary/aromatic N) is 1. The number of nitrogens with one attached hydrogen (secondary N) is 1. The minimum Gasteiger partial charge on any atom is -0.478 e. The molecule has 7 nitrogen and oxygen atoms in total. The molecule has 0 saturated heterocycles. The lowest BCUT2D eigenvalue weighted by molar-refractivity contribution is -0.385. The summed E-state index contributed by atoms with van der Waals surface area (Å²) in [5.41, 5.74) is 0.282. The van der Waals surface area contributed by atoms with Crippen molar-refractivity contribution in [3.63, 3.8) is 0 Å². The number of carboxylic acid groups (broad SMARTS) is 1. The summed E-state index contributed by atoms with van der Waals surface area (Å²) in [5, 5.41) is 22.6. The van der Waals surface area contributed by atoms with Gasteiger partial charge in [0.1, 0.15) is 0 Å². The van der Waals surface area contributed by atoms with Gasteiger partial charge in [0.25, 0.3) is 5.69 Å². The van der Waals surface area contributed by atoms with Crippen LogP contribution in [0.15, 0.2) is 18.2 Å². The fraction of sp³-hybridized carbons (Fsp3) is 0.364. The molecule has 0 atom stereocenters. The van der Waals surface area contributed by atoms with Crippen molar-refractivity contribution in [2.45, 2.75) is 6.54 Å². The molecule has 0 bridgehead atoms. The Morgan fingerprint density at radius 3 is 2.83 bits per heavy atom. The van der Waals surface area contributed by atoms with Crippen LogP contribution in [-0.4, -0.2) is 36.3 Å². The summed E-state index contributed by atoms with van der Waals surface area (Å²) in [7, 11) is 1.55. The zero-order chi connectivity index (χ0) is 13.5. The highest BCUT2D eigenvalue weighted by atomic mass is 16.6. The first kappa shape index (κ1) is 14.1. The van der Waals surface area contributed by atoms with Gasteiger partial charge in [0.15, 0.2) is 0 Å². The molecular formula is C11H14N2O5. The fourth-order valence-corrected chi connectivity index (χ4v) is 1.44. The molecule has 2 N–H and O–H groups in total. The van der Waals surface area contributed by atoms with E-state index in [1.165, 1.54) is 18.2 Å². The molecule has 0 spiro atoms. The van der Waals surface area contributed by atoms with Gasteiger partial charge < -0.3 is 15.2 Å². The van der Waals surface area contributed by atoms with Crippen LogP contribution in [0.2, 0.25) is 0 Å². The molecule has 0 aromatic heterocycles. The standard InChI is InChI=1S/C11H14N2O5/c1-18-5-4-12-7-9-6-8(11(14)15)2-3-10(9)13(16)17/h2-3,6,12H,4-5,7H2,1H3,(H,14,15). The van der Waals surface area contributed by atoms with Crippen molar-refractivity contribution in [2.75, 3.05) is 20.3 Å². The van der Waals surface area contributed by atoms with Crippen LogP contribution < -0.4 is 5.32 Å². The molecule has 1 aromatic carbocycles. The van der Waals surface area contributed by atoms with Gasteiger partial charge in [-0.25, -0.2) is 4.79 Å². The van der Waals surface area contributed by atoms with Crippen molar-refractivity contribution in [3.8, 4) is 0 Å². The molecule has 7 heteroatoms. The molecule has 0 fully saturated rings. The van der Waals surface area contributed by atoms with Crippen molar-refractivity contribution in [3.05, 3.63) is 39.4 Å². The summed E-state index contributed by atoms with van der Waals surface area (Å²) in [6, 6.07) is 3.73. The molecule has 1 rings (SSSR count). The summed E-state index contributed by atoms with van der Waals surface area (Å²) in [4.78, 5) is 21.1. The van der Waals surface area contributed by atoms with Crippen molar-refractivity contribution in [1.82, 2.24) is 5.32 Å². The summed E-state index contributed by atoms with van der Waals surface area (Å²) >= 11 is 0. The molecule has 0 unspecified atom stereocenters. The largest absolute Gasteiger partial charge is 0.478 e. The first-order valence-electron chi connectivity index (χ1n) is 5.26. The number of ether oxygens (including phenoxy) is 1. The quantitative estimate of drug-likeness (QED) is 0.428. The summed E-state index contributed by atoms with van der Waals surface area (Å²) in [5.74, 6) is -1.11. The summed E-state index contributed by atoms with van der Waals surface area (Å²) in [6.07, 6.45) is 0. The minimum absolute atomic E-state index is 0.0316. The van der Waals surface area contributed by atoms with Crippen LogP contribution in [-0.2, 0) is 11.3 Å². The van der Waals surface area contributed by atoms with Crippen LogP contribution in [0.5, 0.6) is 0 Å². The van der Waals surface area contributed by atoms with E-state index in [-0.39, 0.29) is 17.8 Å². The van der Waals surface area contributed by atoms with E-state index >= 15 is 0 Å². The number of carboxylic acids is 1. The van der Waals surface area contributed by atoms with Gasteiger partial charge in [-0.15, -0.1) is 0 Å².